The van der Waals surface area contributed by atoms with Gasteiger partial charge in [-0.1, -0.05) is 30.2 Å². The third-order valence-corrected chi connectivity index (χ3v) is 12.4. The maximum Gasteiger partial charge on any atom is 0.261 e. The van der Waals surface area contributed by atoms with Gasteiger partial charge in [0.15, 0.2) is 5.82 Å². The number of pyridine rings is 1. The maximum absolute atomic E-state index is 15.6. The highest BCUT2D eigenvalue weighted by molar-refractivity contribution is 6.34. The van der Waals surface area contributed by atoms with E-state index in [0.717, 1.165) is 48.8 Å². The molecule has 0 atom stereocenters. The van der Waals surface area contributed by atoms with Gasteiger partial charge < -0.3 is 20.1 Å². The quantitative estimate of drug-likeness (QED) is 0.178. The van der Waals surface area contributed by atoms with Gasteiger partial charge in [-0.3, -0.25) is 14.5 Å². The lowest BCUT2D eigenvalue weighted by atomic mass is 9.71. The number of nitrogens with zero attached hydrogens (tertiary/aromatic N) is 5. The number of halogens is 4. The number of piperidine rings is 1. The Morgan fingerprint density at radius 3 is 2.40 bits per heavy atom. The Bertz CT molecular complexity index is 2130. The second kappa shape index (κ2) is 12.7. The van der Waals surface area contributed by atoms with Gasteiger partial charge in [0, 0.05) is 28.9 Å². The molecule has 8 rings (SSSR count). The molecule has 4 aromatic rings. The number of anilines is 3. The van der Waals surface area contributed by atoms with Crippen LogP contribution in [0.3, 0.4) is 0 Å². The van der Waals surface area contributed by atoms with E-state index in [4.69, 9.17) is 16.6 Å². The summed E-state index contributed by atoms with van der Waals surface area (Å²) in [6.07, 6.45) is 4.81. The SMILES string of the molecule is CC(C)n1cnc2cc(-c3ccc4c(c3)N([C@H]3C[C@@](C)(N5CCCCC5)C3)C(=O)C4(C)C)nc(Nc3cc(C(=O)NC4(C(F)F)CC4)c(Cl)cc3F)c21. The number of carbonyl (C=O) groups excluding carboxylic acids is 2. The molecule has 3 fully saturated rings. The molecule has 2 N–H and O–H groups in total. The van der Waals surface area contributed by atoms with Crippen molar-refractivity contribution < 1.29 is 22.8 Å². The lowest BCUT2D eigenvalue weighted by Crippen LogP contribution is -2.64. The summed E-state index contributed by atoms with van der Waals surface area (Å²) in [6, 6.07) is 10.2. The largest absolute Gasteiger partial charge is 0.341 e. The number of likely N-dealkylation sites (tertiary alicyclic amines) is 1. The number of hydrogen-bond donors (Lipinski definition) is 2. The highest BCUT2D eigenvalue weighted by Gasteiger charge is 2.54. The van der Waals surface area contributed by atoms with Crippen LogP contribution >= 0.6 is 11.6 Å². The second-order valence-corrected chi connectivity index (χ2v) is 16.9. The van der Waals surface area contributed by atoms with Gasteiger partial charge in [0.2, 0.25) is 5.91 Å². The van der Waals surface area contributed by atoms with Gasteiger partial charge >= 0.3 is 0 Å². The minimum atomic E-state index is -2.73. The lowest BCUT2D eigenvalue weighted by Gasteiger charge is -2.55. The van der Waals surface area contributed by atoms with Crippen molar-refractivity contribution in [1.82, 2.24) is 24.8 Å². The molecule has 4 aliphatic rings. The molecule has 1 saturated heterocycles. The third-order valence-electron chi connectivity index (χ3n) is 12.0. The third kappa shape index (κ3) is 5.96. The molecule has 2 aliphatic heterocycles. The fraction of sp³-hybridized carbons (Fsp3) is 0.500. The Morgan fingerprint density at radius 2 is 1.74 bits per heavy atom. The van der Waals surface area contributed by atoms with E-state index in [2.05, 4.69) is 27.4 Å². The smallest absolute Gasteiger partial charge is 0.261 e. The summed E-state index contributed by atoms with van der Waals surface area (Å²) in [5.74, 6) is -1.18. The Balaban J connectivity index is 1.16. The first-order valence-electron chi connectivity index (χ1n) is 18.6. The number of hydrogen-bond acceptors (Lipinski definition) is 6. The van der Waals surface area contributed by atoms with Crippen LogP contribution < -0.4 is 15.5 Å². The Morgan fingerprint density at radius 1 is 1.02 bits per heavy atom. The van der Waals surface area contributed by atoms with Gasteiger partial charge in [-0.25, -0.2) is 23.1 Å². The van der Waals surface area contributed by atoms with Crippen molar-refractivity contribution in [3.63, 3.8) is 0 Å². The molecule has 9 nitrogen and oxygen atoms in total. The lowest BCUT2D eigenvalue weighted by molar-refractivity contribution is -0.123. The van der Waals surface area contributed by atoms with E-state index in [-0.39, 0.29) is 58.5 Å². The van der Waals surface area contributed by atoms with Crippen LogP contribution in [0.2, 0.25) is 5.02 Å². The normalized spacial score (nSPS) is 23.4. The molecular weight excluding hydrogens is 703 g/mol. The van der Waals surface area contributed by atoms with Crippen LogP contribution in [0.25, 0.3) is 22.3 Å². The number of carbonyl (C=O) groups is 2. The number of nitrogens with one attached hydrogen (secondary N) is 2. The van der Waals surface area contributed by atoms with Gasteiger partial charge in [-0.15, -0.1) is 0 Å². The van der Waals surface area contributed by atoms with Crippen LogP contribution in [0.5, 0.6) is 0 Å². The first-order valence-corrected chi connectivity index (χ1v) is 19.0. The topological polar surface area (TPSA) is 95.4 Å². The molecule has 280 valence electrons. The molecule has 2 saturated carbocycles. The van der Waals surface area contributed by atoms with Crippen LogP contribution in [-0.4, -0.2) is 67.9 Å². The summed E-state index contributed by atoms with van der Waals surface area (Å²) in [5, 5.41) is 5.29. The molecule has 4 heterocycles. The number of fused-ring (bicyclic) bond motifs is 2. The van der Waals surface area contributed by atoms with Crippen LogP contribution in [0.4, 0.5) is 30.4 Å². The molecule has 53 heavy (non-hydrogen) atoms. The summed E-state index contributed by atoms with van der Waals surface area (Å²) >= 11 is 6.28. The molecule has 2 amide bonds. The van der Waals surface area contributed by atoms with Crippen molar-refractivity contribution in [2.45, 2.75) is 115 Å². The average Bonchev–Trinajstić information content (AvgIpc) is 3.71. The number of benzene rings is 2. The zero-order valence-electron chi connectivity index (χ0n) is 30.7. The van der Waals surface area contributed by atoms with Crippen molar-refractivity contribution >= 4 is 51.6 Å². The number of imidazole rings is 1. The molecular formula is C40H45ClF3N7O2. The van der Waals surface area contributed by atoms with Crippen molar-refractivity contribution in [1.29, 1.82) is 0 Å². The van der Waals surface area contributed by atoms with Gasteiger partial charge in [0.05, 0.1) is 39.2 Å². The Kier molecular flexibility index (Phi) is 8.60. The monoisotopic (exact) mass is 747 g/mol. The fourth-order valence-electron chi connectivity index (χ4n) is 8.60. The standard InChI is InChI=1S/C40H45ClF3N7O2/c1-22(2)50-21-45-31-18-29(46-34(33(31)50)47-30-16-25(27(41)17-28(30)42)35(52)48-40(11-12-40)36(43)44)23-9-10-26-32(15-23)51(37(53)38(26,3)4)24-19-39(5,20-24)49-13-7-6-8-14-49/h9-10,15-18,21-22,24,36H,6-8,11-14,19-20H2,1-5H3,(H,46,47)(H,48,52)/t24-,39+. The van der Waals surface area contributed by atoms with E-state index >= 15 is 4.39 Å². The minimum Gasteiger partial charge on any atom is -0.341 e. The summed E-state index contributed by atoms with van der Waals surface area (Å²) in [7, 11) is 0. The van der Waals surface area contributed by atoms with Crippen molar-refractivity contribution in [2.75, 3.05) is 23.3 Å². The number of aromatic nitrogens is 3. The van der Waals surface area contributed by atoms with Gasteiger partial charge in [-0.2, -0.15) is 0 Å². The van der Waals surface area contributed by atoms with E-state index in [1.165, 1.54) is 25.3 Å². The first-order chi connectivity index (χ1) is 25.1. The van der Waals surface area contributed by atoms with E-state index in [0.29, 0.717) is 16.7 Å². The molecule has 0 bridgehead atoms. The second-order valence-electron chi connectivity index (χ2n) is 16.5. The van der Waals surface area contributed by atoms with E-state index in [1.54, 1.807) is 6.33 Å². The number of alkyl halides is 2. The maximum atomic E-state index is 15.6. The van der Waals surface area contributed by atoms with Crippen LogP contribution in [-0.2, 0) is 10.2 Å². The molecule has 0 unspecified atom stereocenters. The first kappa shape index (κ1) is 35.8. The molecule has 0 radical (unpaired) electrons. The fourth-order valence-corrected chi connectivity index (χ4v) is 8.83. The molecule has 2 aliphatic carbocycles. The van der Waals surface area contributed by atoms with E-state index < -0.39 is 29.1 Å². The summed E-state index contributed by atoms with van der Waals surface area (Å²) < 4.78 is 44.8. The summed E-state index contributed by atoms with van der Waals surface area (Å²) in [6.45, 7) is 12.5. The molecule has 13 heteroatoms. The predicted molar refractivity (Wildman–Crippen MR) is 201 cm³/mol. The van der Waals surface area contributed by atoms with Crippen molar-refractivity contribution in [3.05, 3.63) is 64.7 Å². The van der Waals surface area contributed by atoms with Crippen molar-refractivity contribution in [3.8, 4) is 11.3 Å². The minimum absolute atomic E-state index is 0.0198. The zero-order chi connectivity index (χ0) is 37.6. The average molecular weight is 748 g/mol. The summed E-state index contributed by atoms with van der Waals surface area (Å²) in [5.41, 5.74) is 1.96. The van der Waals surface area contributed by atoms with E-state index in [9.17, 15) is 18.4 Å². The molecule has 2 aromatic heterocycles. The van der Waals surface area contributed by atoms with Crippen LogP contribution in [0, 0.1) is 5.82 Å². The van der Waals surface area contributed by atoms with Gasteiger partial charge in [0.25, 0.3) is 12.3 Å². The highest BCUT2D eigenvalue weighted by Crippen LogP contribution is 2.51. The van der Waals surface area contributed by atoms with Gasteiger partial charge in [0.1, 0.15) is 16.9 Å². The molecule has 0 spiro atoms. The predicted octanol–water partition coefficient (Wildman–Crippen LogP) is 8.77. The Labute approximate surface area is 312 Å². The van der Waals surface area contributed by atoms with E-state index in [1.807, 2.05) is 61.4 Å². The summed E-state index contributed by atoms with van der Waals surface area (Å²) in [4.78, 5) is 41.5. The van der Waals surface area contributed by atoms with Gasteiger partial charge in [-0.05, 0) is 116 Å². The number of amides is 2. The van der Waals surface area contributed by atoms with Crippen LogP contribution in [0.1, 0.15) is 102 Å². The highest BCUT2D eigenvalue weighted by atomic mass is 35.5. The van der Waals surface area contributed by atoms with Crippen molar-refractivity contribution in [2.24, 2.45) is 0 Å². The molecule has 2 aromatic carbocycles. The Hall–Kier alpha value is -4.16. The van der Waals surface area contributed by atoms with Crippen LogP contribution in [0.15, 0.2) is 42.7 Å². The zero-order valence-corrected chi connectivity index (χ0v) is 31.5. The number of rotatable bonds is 9.